The molecule has 1 unspecified atom stereocenters. The van der Waals surface area contributed by atoms with Gasteiger partial charge in [0.1, 0.15) is 12.6 Å². The van der Waals surface area contributed by atoms with Crippen LogP contribution in [0.1, 0.15) is 67.8 Å². The van der Waals surface area contributed by atoms with Crippen molar-refractivity contribution in [3.8, 4) is 0 Å². The number of amides is 6. The van der Waals surface area contributed by atoms with Gasteiger partial charge >= 0.3 is 23.9 Å². The van der Waals surface area contributed by atoms with Crippen LogP contribution in [0.25, 0.3) is 0 Å². The normalized spacial score (nSPS) is 17.0. The predicted octanol–water partition coefficient (Wildman–Crippen LogP) is -1.72. The van der Waals surface area contributed by atoms with Gasteiger partial charge in [0.25, 0.3) is 5.91 Å². The highest BCUT2D eigenvalue weighted by atomic mass is 32.2. The van der Waals surface area contributed by atoms with Gasteiger partial charge in [-0.15, -0.1) is 0 Å². The molecule has 0 aromatic heterocycles. The largest absolute Gasteiger partial charge is 0.480 e. The Morgan fingerprint density at radius 2 is 1.20 bits per heavy atom. The molecule has 0 bridgehead atoms. The monoisotopic (exact) mass is 1140 g/mol. The summed E-state index contributed by atoms with van der Waals surface area (Å²) >= 11 is 1.47. The molecule has 28 heteroatoms. The number of nitrogens with zero attached hydrogens (tertiary/aromatic N) is 5. The predicted molar refractivity (Wildman–Crippen MR) is 285 cm³/mol. The van der Waals surface area contributed by atoms with Gasteiger partial charge in [0, 0.05) is 103 Å². The number of unbranched alkanes of at least 4 members (excludes halogenated alkanes) is 1. The average Bonchev–Trinajstić information content (AvgIpc) is 3.65. The molecule has 2 aliphatic heterocycles. The molecule has 1 aromatic carbocycles. The second-order valence-electron chi connectivity index (χ2n) is 19.1. The molecular formula is C51H79N9O18S. The minimum absolute atomic E-state index is 0.0271. The third-order valence-electron chi connectivity index (χ3n) is 12.7. The van der Waals surface area contributed by atoms with Gasteiger partial charge in [-0.2, -0.15) is 11.8 Å². The molecule has 0 radical (unpaired) electrons. The lowest BCUT2D eigenvalue weighted by molar-refractivity contribution is -0.142. The number of Topliss-reactive ketones (excluding diaryl/α,β-unsaturated/α-hetero) is 1. The number of carbonyl (C=O) groups is 11. The minimum atomic E-state index is -1.26. The second kappa shape index (κ2) is 37.7. The minimum Gasteiger partial charge on any atom is -0.480 e. The second-order valence-corrected chi connectivity index (χ2v) is 20.1. The number of nitrogens with one attached hydrogen (secondary N) is 4. The fraction of sp³-hybridized carbons (Fsp3) is 0.667. The summed E-state index contributed by atoms with van der Waals surface area (Å²) in [6.45, 7) is 4.16. The van der Waals surface area contributed by atoms with E-state index in [0.29, 0.717) is 37.2 Å². The molecule has 8 N–H and O–H groups in total. The van der Waals surface area contributed by atoms with E-state index in [1.54, 1.807) is 45.9 Å². The number of carboxylic acids is 4. The zero-order chi connectivity index (χ0) is 58.1. The fourth-order valence-corrected chi connectivity index (χ4v) is 8.88. The lowest BCUT2D eigenvalue weighted by Crippen LogP contribution is -2.50. The van der Waals surface area contributed by atoms with Crippen molar-refractivity contribution in [2.75, 3.05) is 143 Å². The van der Waals surface area contributed by atoms with Crippen LogP contribution in [-0.2, 0) is 68.7 Å². The zero-order valence-corrected chi connectivity index (χ0v) is 46.0. The highest BCUT2D eigenvalue weighted by Gasteiger charge is 2.35. The van der Waals surface area contributed by atoms with Gasteiger partial charge in [-0.25, -0.2) is 4.79 Å². The SMILES string of the molecule is CSCC[C@H](NC(=O)c1cccc(CNC(=O)COCCOCCOCCNC(=O)CN2CCN(CC(=O)O)CCN(CC(=O)O)CCN(CC(=O)O)CC2)c1)C(=O)CCC(=O)N[C@@H](CCCCN1C(=O)CC(C)C1=O)C(=O)O. The lowest BCUT2D eigenvalue weighted by atomic mass is 10.0. The topological polar surface area (TPSA) is 361 Å². The molecule has 27 nitrogen and oxygen atoms in total. The average molecular weight is 1140 g/mol. The van der Waals surface area contributed by atoms with E-state index in [2.05, 4.69) is 21.3 Å². The van der Waals surface area contributed by atoms with E-state index in [4.69, 9.17) is 14.2 Å². The van der Waals surface area contributed by atoms with Crippen LogP contribution in [0.2, 0.25) is 0 Å². The van der Waals surface area contributed by atoms with Crippen LogP contribution in [0.5, 0.6) is 0 Å². The van der Waals surface area contributed by atoms with Crippen molar-refractivity contribution in [3.63, 3.8) is 0 Å². The van der Waals surface area contributed by atoms with Crippen molar-refractivity contribution in [2.24, 2.45) is 5.92 Å². The van der Waals surface area contributed by atoms with E-state index in [1.807, 2.05) is 11.2 Å². The molecular weight excluding hydrogens is 1060 g/mol. The number of ketones is 1. The Balaban J connectivity index is 1.30. The van der Waals surface area contributed by atoms with Crippen LogP contribution in [-0.4, -0.2) is 265 Å². The lowest BCUT2D eigenvalue weighted by Gasteiger charge is -2.32. The summed E-state index contributed by atoms with van der Waals surface area (Å²) in [5, 5.41) is 48.6. The van der Waals surface area contributed by atoms with E-state index < -0.39 is 59.5 Å². The van der Waals surface area contributed by atoms with Gasteiger partial charge in [0.2, 0.25) is 29.5 Å². The Kier molecular flexibility index (Phi) is 32.0. The molecule has 442 valence electrons. The first-order valence-electron chi connectivity index (χ1n) is 26.3. The number of ether oxygens (including phenoxy) is 3. The van der Waals surface area contributed by atoms with Crippen LogP contribution < -0.4 is 21.3 Å². The van der Waals surface area contributed by atoms with Crippen molar-refractivity contribution < 1.29 is 87.4 Å². The van der Waals surface area contributed by atoms with E-state index in [9.17, 15) is 73.2 Å². The molecule has 2 saturated heterocycles. The Labute approximate surface area is 463 Å². The van der Waals surface area contributed by atoms with Gasteiger partial charge < -0.3 is 55.9 Å². The maximum absolute atomic E-state index is 13.3. The highest BCUT2D eigenvalue weighted by molar-refractivity contribution is 7.98. The van der Waals surface area contributed by atoms with Gasteiger partial charge in [-0.1, -0.05) is 19.1 Å². The quantitative estimate of drug-likeness (QED) is 0.0271. The standard InChI is InChI=1S/C51H79N9O18S/c1-36-28-45(65)60(50(36)73)13-4-3-8-40(51(74)75)54-42(62)10-9-41(61)39(11-27-79-2)55-49(72)38-7-5-6-37(29-38)30-53-44(64)35-78-26-25-77-24-23-76-22-12-52-43(63)31-56-14-16-57(32-46(66)67)18-20-59(34-48(70)71)21-19-58(17-15-56)33-47(68)69/h5-7,29,36,39-40H,3-4,8-28,30-35H2,1-2H3,(H,52,63)(H,53,64)(H,54,62)(H,55,72)(H,66,67)(H,68,69)(H,70,71)(H,74,75)/t36?,39-,40-/m0/s1. The third kappa shape index (κ3) is 28.5. The van der Waals surface area contributed by atoms with E-state index in [0.717, 1.165) is 0 Å². The van der Waals surface area contributed by atoms with E-state index >= 15 is 0 Å². The molecule has 6 amide bonds. The van der Waals surface area contributed by atoms with Crippen LogP contribution in [0.15, 0.2) is 24.3 Å². The summed E-state index contributed by atoms with van der Waals surface area (Å²) < 4.78 is 16.5. The summed E-state index contributed by atoms with van der Waals surface area (Å²) in [6, 6.07) is 4.31. The van der Waals surface area contributed by atoms with Gasteiger partial charge in [0.05, 0.1) is 65.3 Å². The Bertz CT molecular complexity index is 2160. The summed E-state index contributed by atoms with van der Waals surface area (Å²) in [4.78, 5) is 143. The highest BCUT2D eigenvalue weighted by Crippen LogP contribution is 2.20. The van der Waals surface area contributed by atoms with Gasteiger partial charge in [-0.05, 0) is 55.4 Å². The molecule has 2 fully saturated rings. The molecule has 3 rings (SSSR count). The van der Waals surface area contributed by atoms with Crippen molar-refractivity contribution in [3.05, 3.63) is 35.4 Å². The maximum atomic E-state index is 13.3. The van der Waals surface area contributed by atoms with Gasteiger partial charge in [-0.3, -0.25) is 72.4 Å². The molecule has 0 saturated carbocycles. The Morgan fingerprint density at radius 3 is 1.73 bits per heavy atom. The number of rotatable bonds is 37. The molecule has 2 heterocycles. The molecule has 1 aromatic rings. The third-order valence-corrected chi connectivity index (χ3v) is 13.4. The first-order chi connectivity index (χ1) is 37.7. The molecule has 0 spiro atoms. The van der Waals surface area contributed by atoms with Gasteiger partial charge in [0.15, 0.2) is 5.78 Å². The van der Waals surface area contributed by atoms with Crippen molar-refractivity contribution in [2.45, 2.75) is 70.5 Å². The molecule has 0 aliphatic carbocycles. The van der Waals surface area contributed by atoms with Crippen LogP contribution in [0, 0.1) is 5.92 Å². The van der Waals surface area contributed by atoms with Crippen LogP contribution in [0.4, 0.5) is 0 Å². The number of hydrogen-bond acceptors (Lipinski definition) is 19. The smallest absolute Gasteiger partial charge is 0.326 e. The van der Waals surface area contributed by atoms with E-state index in [-0.39, 0.29) is 186 Å². The first-order valence-corrected chi connectivity index (χ1v) is 27.7. The first kappa shape index (κ1) is 67.1. The summed E-state index contributed by atoms with van der Waals surface area (Å²) in [6.07, 6.45) is 2.49. The van der Waals surface area contributed by atoms with Crippen LogP contribution >= 0.6 is 11.8 Å². The number of carboxylic acid groups (broad SMARTS) is 4. The number of imide groups is 1. The summed E-state index contributed by atoms with van der Waals surface area (Å²) in [5.41, 5.74) is 0.838. The maximum Gasteiger partial charge on any atom is 0.326 e. The number of carbonyl (C=O) groups excluding carboxylic acids is 7. The van der Waals surface area contributed by atoms with Crippen molar-refractivity contribution >= 4 is 76.9 Å². The zero-order valence-electron chi connectivity index (χ0n) is 45.2. The van der Waals surface area contributed by atoms with Crippen molar-refractivity contribution in [1.82, 2.24) is 45.8 Å². The number of hydrogen-bond donors (Lipinski definition) is 8. The number of benzene rings is 1. The van der Waals surface area contributed by atoms with Crippen LogP contribution in [0.3, 0.4) is 0 Å². The number of likely N-dealkylation sites (tertiary alicyclic amines) is 1. The molecule has 3 atom stereocenters. The van der Waals surface area contributed by atoms with Crippen molar-refractivity contribution in [1.29, 1.82) is 0 Å². The number of aliphatic carboxylic acids is 4. The van der Waals surface area contributed by atoms with E-state index in [1.165, 1.54) is 16.7 Å². The number of thioether (sulfide) groups is 1. The Morgan fingerprint density at radius 1 is 0.646 bits per heavy atom. The summed E-state index contributed by atoms with van der Waals surface area (Å²) in [7, 11) is 0. The fourth-order valence-electron chi connectivity index (χ4n) is 8.41. The summed E-state index contributed by atoms with van der Waals surface area (Å²) in [5.74, 6) is -7.07. The molecule has 2 aliphatic rings. The Hall–Kier alpha value is -6.14. The molecule has 79 heavy (non-hydrogen) atoms.